The average molecular weight is 294 g/mol. The number of carbonyl (C=O) groups excluding carboxylic acids is 2. The van der Waals surface area contributed by atoms with Crippen molar-refractivity contribution in [2.45, 2.75) is 19.9 Å². The van der Waals surface area contributed by atoms with Crippen LogP contribution in [-0.2, 0) is 23.2 Å². The van der Waals surface area contributed by atoms with Gasteiger partial charge in [0.05, 0.1) is 18.4 Å². The van der Waals surface area contributed by atoms with Crippen LogP contribution in [0.15, 0.2) is 6.20 Å². The van der Waals surface area contributed by atoms with E-state index in [9.17, 15) is 14.4 Å². The number of hydrogen-bond donors (Lipinski definition) is 1. The maximum atomic E-state index is 12.1. The van der Waals surface area contributed by atoms with Crippen molar-refractivity contribution in [3.05, 3.63) is 17.5 Å². The Bertz CT molecular complexity index is 581. The highest BCUT2D eigenvalue weighted by Crippen LogP contribution is 2.14. The summed E-state index contributed by atoms with van der Waals surface area (Å²) < 4.78 is 1.42. The molecule has 2 heterocycles. The van der Waals surface area contributed by atoms with E-state index < -0.39 is 17.8 Å². The predicted molar refractivity (Wildman–Crippen MR) is 72.5 cm³/mol. The minimum atomic E-state index is -1.10. The maximum Gasteiger partial charge on any atom is 0.339 e. The van der Waals surface area contributed by atoms with E-state index in [0.29, 0.717) is 25.3 Å². The van der Waals surface area contributed by atoms with Gasteiger partial charge in [0, 0.05) is 26.7 Å². The van der Waals surface area contributed by atoms with Gasteiger partial charge in [0.25, 0.3) is 0 Å². The molecule has 1 aliphatic heterocycles. The second-order valence-corrected chi connectivity index (χ2v) is 4.95. The Labute approximate surface area is 121 Å². The molecular weight excluding hydrogens is 276 g/mol. The van der Waals surface area contributed by atoms with Crippen LogP contribution >= 0.6 is 0 Å². The van der Waals surface area contributed by atoms with Gasteiger partial charge in [-0.1, -0.05) is 6.92 Å². The van der Waals surface area contributed by atoms with Crippen LogP contribution in [0, 0.1) is 0 Å². The van der Waals surface area contributed by atoms with Crippen LogP contribution in [0.5, 0.6) is 0 Å². The number of hydrogen-bond acceptors (Lipinski definition) is 4. The molecule has 0 spiro atoms. The number of amides is 2. The van der Waals surface area contributed by atoms with Gasteiger partial charge in [-0.05, 0) is 6.42 Å². The molecule has 114 valence electrons. The van der Waals surface area contributed by atoms with Crippen LogP contribution in [0.4, 0.5) is 0 Å². The summed E-state index contributed by atoms with van der Waals surface area (Å²) in [6.45, 7) is 3.44. The van der Waals surface area contributed by atoms with Gasteiger partial charge >= 0.3 is 17.8 Å². The van der Waals surface area contributed by atoms with E-state index in [1.54, 1.807) is 7.05 Å². The number of carbonyl (C=O) groups is 3. The monoisotopic (exact) mass is 294 g/mol. The van der Waals surface area contributed by atoms with Crippen LogP contribution in [-0.4, -0.2) is 62.1 Å². The first-order chi connectivity index (χ1) is 9.95. The normalized spacial score (nSPS) is 15.7. The summed E-state index contributed by atoms with van der Waals surface area (Å²) in [6.07, 6.45) is 2.04. The van der Waals surface area contributed by atoms with Crippen molar-refractivity contribution < 1.29 is 19.5 Å². The second-order valence-electron chi connectivity index (χ2n) is 4.95. The van der Waals surface area contributed by atoms with E-state index in [1.807, 2.05) is 6.92 Å². The zero-order valence-electron chi connectivity index (χ0n) is 12.1. The second kappa shape index (κ2) is 5.94. The lowest BCUT2D eigenvalue weighted by Gasteiger charge is -2.33. The first kappa shape index (κ1) is 15.0. The Kier molecular flexibility index (Phi) is 4.25. The first-order valence-corrected chi connectivity index (χ1v) is 6.78. The quantitative estimate of drug-likeness (QED) is 0.752. The molecule has 1 fully saturated rings. The summed E-state index contributed by atoms with van der Waals surface area (Å²) in [5, 5.41) is 13.0. The number of carboxylic acids is 1. The largest absolute Gasteiger partial charge is 0.478 e. The van der Waals surface area contributed by atoms with Crippen molar-refractivity contribution in [3.8, 4) is 0 Å². The summed E-state index contributed by atoms with van der Waals surface area (Å²) >= 11 is 0. The van der Waals surface area contributed by atoms with Gasteiger partial charge in [-0.3, -0.25) is 14.3 Å². The fraction of sp³-hybridized carbons (Fsp3) is 0.538. The molecule has 0 bridgehead atoms. The van der Waals surface area contributed by atoms with Crippen molar-refractivity contribution >= 4 is 17.8 Å². The van der Waals surface area contributed by atoms with Crippen LogP contribution in [0.2, 0.25) is 0 Å². The number of aromatic carboxylic acids is 1. The van der Waals surface area contributed by atoms with Crippen molar-refractivity contribution in [1.29, 1.82) is 0 Å². The Morgan fingerprint density at radius 1 is 1.29 bits per heavy atom. The van der Waals surface area contributed by atoms with Crippen LogP contribution in [0.1, 0.15) is 29.4 Å². The van der Waals surface area contributed by atoms with E-state index in [-0.39, 0.29) is 12.1 Å². The number of aryl methyl sites for hydroxylation is 1. The predicted octanol–water partition coefficient (Wildman–Crippen LogP) is -0.301. The van der Waals surface area contributed by atoms with Gasteiger partial charge < -0.3 is 14.9 Å². The number of piperazine rings is 1. The van der Waals surface area contributed by atoms with E-state index in [1.165, 1.54) is 20.7 Å². The molecule has 21 heavy (non-hydrogen) atoms. The first-order valence-electron chi connectivity index (χ1n) is 6.78. The molecule has 0 saturated carbocycles. The molecule has 1 aromatic rings. The van der Waals surface area contributed by atoms with Gasteiger partial charge in [-0.15, -0.1) is 0 Å². The highest BCUT2D eigenvalue weighted by molar-refractivity contribution is 6.35. The Morgan fingerprint density at radius 2 is 1.90 bits per heavy atom. The molecule has 0 aliphatic carbocycles. The van der Waals surface area contributed by atoms with Crippen molar-refractivity contribution in [2.75, 3.05) is 19.6 Å². The summed E-state index contributed by atoms with van der Waals surface area (Å²) in [7, 11) is 1.61. The van der Waals surface area contributed by atoms with Crippen molar-refractivity contribution in [2.24, 2.45) is 7.05 Å². The Morgan fingerprint density at radius 3 is 2.52 bits per heavy atom. The number of aromatic nitrogens is 2. The van der Waals surface area contributed by atoms with E-state index >= 15 is 0 Å². The lowest BCUT2D eigenvalue weighted by atomic mass is 10.2. The van der Waals surface area contributed by atoms with E-state index in [2.05, 4.69) is 5.10 Å². The van der Waals surface area contributed by atoms with Gasteiger partial charge in [-0.25, -0.2) is 4.79 Å². The molecule has 8 heteroatoms. The van der Waals surface area contributed by atoms with E-state index in [4.69, 9.17) is 5.11 Å². The fourth-order valence-corrected chi connectivity index (χ4v) is 2.36. The summed E-state index contributed by atoms with van der Waals surface area (Å²) in [5.41, 5.74) is 0.460. The summed E-state index contributed by atoms with van der Waals surface area (Å²) in [5.74, 6) is -2.21. The minimum Gasteiger partial charge on any atom is -0.478 e. The molecule has 0 aromatic carbocycles. The molecule has 1 aromatic heterocycles. The van der Waals surface area contributed by atoms with Gasteiger partial charge in [-0.2, -0.15) is 5.10 Å². The smallest absolute Gasteiger partial charge is 0.339 e. The van der Waals surface area contributed by atoms with Crippen molar-refractivity contribution in [1.82, 2.24) is 19.6 Å². The zero-order chi connectivity index (χ0) is 15.6. The molecule has 0 atom stereocenters. The van der Waals surface area contributed by atoms with E-state index in [0.717, 1.165) is 6.42 Å². The molecule has 0 unspecified atom stereocenters. The molecular formula is C13H18N4O4. The number of carboxylic acid groups (broad SMARTS) is 1. The zero-order valence-corrected chi connectivity index (χ0v) is 12.1. The fourth-order valence-electron chi connectivity index (χ4n) is 2.36. The van der Waals surface area contributed by atoms with Crippen molar-refractivity contribution in [3.63, 3.8) is 0 Å². The molecule has 0 radical (unpaired) electrons. The van der Waals surface area contributed by atoms with Crippen LogP contribution in [0.3, 0.4) is 0 Å². The molecule has 1 N–H and O–H groups in total. The lowest BCUT2D eigenvalue weighted by molar-refractivity contribution is -0.156. The SMILES string of the molecule is CCCN1CCN(Cc2c(C(=O)O)cnn2C)C(=O)C1=O. The standard InChI is InChI=1S/C13H18N4O4/c1-3-4-16-5-6-17(12(19)11(16)18)8-10-9(13(20)21)7-14-15(10)2/h7H,3-6,8H2,1-2H3,(H,20,21). The Hall–Kier alpha value is -2.38. The number of nitrogens with zero attached hydrogens (tertiary/aromatic N) is 4. The van der Waals surface area contributed by atoms with Gasteiger partial charge in [0.2, 0.25) is 0 Å². The molecule has 1 saturated heterocycles. The summed E-state index contributed by atoms with van der Waals surface area (Å²) in [4.78, 5) is 38.1. The summed E-state index contributed by atoms with van der Waals surface area (Å²) in [6, 6.07) is 0. The topological polar surface area (TPSA) is 95.7 Å². The highest BCUT2D eigenvalue weighted by atomic mass is 16.4. The molecule has 1 aliphatic rings. The highest BCUT2D eigenvalue weighted by Gasteiger charge is 2.33. The van der Waals surface area contributed by atoms with Gasteiger partial charge in [0.1, 0.15) is 5.56 Å². The van der Waals surface area contributed by atoms with Gasteiger partial charge in [0.15, 0.2) is 0 Å². The maximum absolute atomic E-state index is 12.1. The third kappa shape index (κ3) is 2.88. The van der Waals surface area contributed by atoms with Crippen LogP contribution in [0.25, 0.3) is 0 Å². The molecule has 8 nitrogen and oxygen atoms in total. The molecule has 2 rings (SSSR count). The lowest BCUT2D eigenvalue weighted by Crippen LogP contribution is -2.54. The van der Waals surface area contributed by atoms with Crippen LogP contribution < -0.4 is 0 Å². The third-order valence-corrected chi connectivity index (χ3v) is 3.52. The minimum absolute atomic E-state index is 0.0498. The average Bonchev–Trinajstić information content (AvgIpc) is 2.80. The molecule has 2 amide bonds. The number of rotatable bonds is 5. The third-order valence-electron chi connectivity index (χ3n) is 3.52. The Balaban J connectivity index is 2.15.